The summed E-state index contributed by atoms with van der Waals surface area (Å²) < 4.78 is 30.7. The Morgan fingerprint density at radius 1 is 0.462 bits per heavy atom. The number of rotatable bonds is 59. The van der Waals surface area contributed by atoms with Gasteiger partial charge in [-0.2, -0.15) is 0 Å². The summed E-state index contributed by atoms with van der Waals surface area (Å²) in [6.45, 7) is 6.89. The summed E-state index contributed by atoms with van der Waals surface area (Å²) >= 11 is 0. The maximum Gasteiger partial charge on any atom is 0.472 e. The first-order valence-electron chi connectivity index (χ1n) is 32.8. The van der Waals surface area contributed by atoms with Gasteiger partial charge in [-0.1, -0.05) is 261 Å². The molecule has 0 bridgehead atoms. The molecule has 3 atom stereocenters. The van der Waals surface area contributed by atoms with Crippen molar-refractivity contribution in [3.05, 3.63) is 72.9 Å². The van der Waals surface area contributed by atoms with Crippen molar-refractivity contribution in [1.82, 2.24) is 5.32 Å². The monoisotopic (exact) mass is 1110 g/mol. The van der Waals surface area contributed by atoms with Crippen molar-refractivity contribution in [3.63, 3.8) is 0 Å². The molecule has 0 radical (unpaired) electrons. The van der Waals surface area contributed by atoms with Crippen molar-refractivity contribution in [1.29, 1.82) is 0 Å². The first-order chi connectivity index (χ1) is 37.9. The zero-order chi connectivity index (χ0) is 57.2. The topological polar surface area (TPSA) is 111 Å². The van der Waals surface area contributed by atoms with Gasteiger partial charge < -0.3 is 19.4 Å². The molecule has 0 aliphatic rings. The predicted octanol–water partition coefficient (Wildman–Crippen LogP) is 20.4. The van der Waals surface area contributed by atoms with Crippen molar-refractivity contribution in [2.24, 2.45) is 0 Å². The Labute approximate surface area is 483 Å². The second-order valence-corrected chi connectivity index (χ2v) is 24.7. The van der Waals surface area contributed by atoms with Crippen molar-refractivity contribution in [2.45, 2.75) is 309 Å². The summed E-state index contributed by atoms with van der Waals surface area (Å²) in [5.74, 6) is -0.511. The molecule has 0 aliphatic heterocycles. The number of ether oxygens (including phenoxy) is 1. The second-order valence-electron chi connectivity index (χ2n) is 23.3. The summed E-state index contributed by atoms with van der Waals surface area (Å²) in [4.78, 5) is 37.8. The minimum atomic E-state index is -4.45. The van der Waals surface area contributed by atoms with E-state index in [4.69, 9.17) is 13.8 Å². The number of likely N-dealkylation sites (N-methyl/N-ethyl adjacent to an activating group) is 1. The van der Waals surface area contributed by atoms with Crippen LogP contribution in [0.4, 0.5) is 0 Å². The van der Waals surface area contributed by atoms with Crippen LogP contribution < -0.4 is 5.32 Å². The summed E-state index contributed by atoms with van der Waals surface area (Å²) in [6.07, 6.45) is 74.7. The smallest absolute Gasteiger partial charge is 0.456 e. The Balaban J connectivity index is 5.13. The molecule has 0 aromatic rings. The quantitative estimate of drug-likeness (QED) is 0.0205. The first-order valence-corrected chi connectivity index (χ1v) is 34.3. The zero-order valence-electron chi connectivity index (χ0n) is 51.9. The molecule has 0 rings (SSSR count). The van der Waals surface area contributed by atoms with Crippen LogP contribution in [-0.2, 0) is 27.9 Å². The molecule has 0 spiro atoms. The molecule has 0 saturated carbocycles. The molecule has 0 aromatic heterocycles. The summed E-state index contributed by atoms with van der Waals surface area (Å²) in [5, 5.41) is 3.06. The number of quaternary nitrogens is 1. The van der Waals surface area contributed by atoms with Gasteiger partial charge in [0.1, 0.15) is 19.3 Å². The van der Waals surface area contributed by atoms with Gasteiger partial charge in [0.15, 0.2) is 0 Å². The van der Waals surface area contributed by atoms with Crippen LogP contribution in [0, 0.1) is 0 Å². The third-order valence-electron chi connectivity index (χ3n) is 14.4. The fourth-order valence-corrected chi connectivity index (χ4v) is 10.1. The van der Waals surface area contributed by atoms with E-state index < -0.39 is 20.0 Å². The van der Waals surface area contributed by atoms with E-state index in [1.165, 1.54) is 167 Å². The van der Waals surface area contributed by atoms with E-state index in [-0.39, 0.29) is 31.5 Å². The maximum atomic E-state index is 13.6. The van der Waals surface area contributed by atoms with Crippen molar-refractivity contribution >= 4 is 19.7 Å². The molecule has 2 N–H and O–H groups in total. The van der Waals surface area contributed by atoms with Gasteiger partial charge in [0, 0.05) is 12.8 Å². The SMILES string of the molecule is CC/C=C/C/C=C/CCCCCCCCCC(=O)OC(/C=C\CCCCCCCCCCCCC)C(COP(=O)(O)OCC[N+](C)(C)C)NC(=O)CCCCCCCCCCCCCC/C=C\C/C=C\C/C=C\CCCCC. The molecular formula is C68H126N2O7P+. The third kappa shape index (κ3) is 58.1. The standard InChI is InChI=1S/C68H125N2O7P/c1-7-10-13-16-19-22-25-28-30-31-32-33-34-35-36-37-38-39-40-42-45-48-51-54-57-60-67(71)69-65(64-76-78(73,74)75-63-62-70(4,5)6)66(59-56-53-50-47-44-41-27-24-21-18-15-12-9-3)77-68(72)61-58-55-52-49-46-43-29-26-23-20-17-14-11-8-2/h11,14,19-20,22-23,28,30,32-33,56,59,65-66H,7-10,12-13,15-18,21,24-27,29,31,34-55,57-58,60-64H2,1-6H3,(H-,69,71,73,74)/p+1/b14-11+,22-19-,23-20+,30-28-,33-32-,59-56-. The van der Waals surface area contributed by atoms with E-state index in [0.29, 0.717) is 17.4 Å². The number of unbranched alkanes of at least 4 members (excludes halogenated alkanes) is 33. The predicted molar refractivity (Wildman–Crippen MR) is 337 cm³/mol. The van der Waals surface area contributed by atoms with Crippen LogP contribution in [-0.4, -0.2) is 74.3 Å². The Morgan fingerprint density at radius 2 is 0.821 bits per heavy atom. The van der Waals surface area contributed by atoms with E-state index in [9.17, 15) is 19.0 Å². The van der Waals surface area contributed by atoms with Crippen LogP contribution in [0.3, 0.4) is 0 Å². The molecule has 78 heavy (non-hydrogen) atoms. The molecule has 0 fully saturated rings. The number of phosphoric ester groups is 1. The summed E-state index contributed by atoms with van der Waals surface area (Å²) in [5.41, 5.74) is 0. The van der Waals surface area contributed by atoms with Gasteiger partial charge in [-0.05, 0) is 96.0 Å². The van der Waals surface area contributed by atoms with Crippen LogP contribution in [0.25, 0.3) is 0 Å². The van der Waals surface area contributed by atoms with Gasteiger partial charge in [0.2, 0.25) is 5.91 Å². The van der Waals surface area contributed by atoms with Crippen LogP contribution in [0.1, 0.15) is 297 Å². The van der Waals surface area contributed by atoms with Crippen LogP contribution in [0.2, 0.25) is 0 Å². The highest BCUT2D eigenvalue weighted by Gasteiger charge is 2.30. The summed E-state index contributed by atoms with van der Waals surface area (Å²) in [7, 11) is 1.49. The molecule has 0 aliphatic carbocycles. The van der Waals surface area contributed by atoms with Gasteiger partial charge in [-0.15, -0.1) is 0 Å². The van der Waals surface area contributed by atoms with Crippen LogP contribution in [0.5, 0.6) is 0 Å². The van der Waals surface area contributed by atoms with E-state index in [0.717, 1.165) is 96.3 Å². The van der Waals surface area contributed by atoms with E-state index >= 15 is 0 Å². The van der Waals surface area contributed by atoms with Crippen molar-refractivity contribution in [3.8, 4) is 0 Å². The third-order valence-corrected chi connectivity index (χ3v) is 15.4. The highest BCUT2D eigenvalue weighted by molar-refractivity contribution is 7.47. The maximum absolute atomic E-state index is 13.6. The molecular weight excluding hydrogens is 988 g/mol. The number of carbonyl (C=O) groups excluding carboxylic acids is 2. The van der Waals surface area contributed by atoms with E-state index in [1.54, 1.807) is 0 Å². The Kier molecular flexibility index (Phi) is 55.8. The normalized spacial score (nSPS) is 14.1. The number of allylic oxidation sites excluding steroid dienone is 11. The van der Waals surface area contributed by atoms with Gasteiger partial charge in [0.05, 0.1) is 33.8 Å². The number of nitrogens with zero attached hydrogens (tertiary/aromatic N) is 1. The summed E-state index contributed by atoms with van der Waals surface area (Å²) in [6, 6.07) is -0.855. The largest absolute Gasteiger partial charge is 0.472 e. The van der Waals surface area contributed by atoms with Crippen LogP contribution >= 0.6 is 7.82 Å². The van der Waals surface area contributed by atoms with Crippen LogP contribution in [0.15, 0.2) is 72.9 Å². The van der Waals surface area contributed by atoms with Gasteiger partial charge >= 0.3 is 13.8 Å². The van der Waals surface area contributed by atoms with Crippen molar-refractivity contribution < 1.29 is 37.3 Å². The number of amides is 1. The average molecular weight is 1110 g/mol. The van der Waals surface area contributed by atoms with Gasteiger partial charge in [-0.3, -0.25) is 18.6 Å². The number of hydrogen-bond donors (Lipinski definition) is 2. The van der Waals surface area contributed by atoms with Gasteiger partial charge in [-0.25, -0.2) is 4.57 Å². The molecule has 9 nitrogen and oxygen atoms in total. The minimum Gasteiger partial charge on any atom is -0.456 e. The molecule has 0 heterocycles. The van der Waals surface area contributed by atoms with Crippen molar-refractivity contribution in [2.75, 3.05) is 40.9 Å². The Morgan fingerprint density at radius 3 is 1.26 bits per heavy atom. The fourth-order valence-electron chi connectivity index (χ4n) is 9.34. The lowest BCUT2D eigenvalue weighted by atomic mass is 10.0. The average Bonchev–Trinajstić information content (AvgIpc) is 3.40. The van der Waals surface area contributed by atoms with E-state index in [2.05, 4.69) is 86.8 Å². The number of nitrogens with one attached hydrogen (secondary N) is 1. The second kappa shape index (κ2) is 57.7. The Bertz CT molecular complexity index is 1570. The number of esters is 1. The van der Waals surface area contributed by atoms with E-state index in [1.807, 2.05) is 33.3 Å². The molecule has 0 aromatic carbocycles. The fraction of sp³-hybridized carbons (Fsp3) is 0.794. The number of carbonyl (C=O) groups is 2. The lowest BCUT2D eigenvalue weighted by molar-refractivity contribution is -0.870. The molecule has 454 valence electrons. The number of hydrogen-bond acceptors (Lipinski definition) is 6. The molecule has 10 heteroatoms. The molecule has 1 amide bonds. The molecule has 0 saturated heterocycles. The highest BCUT2D eigenvalue weighted by atomic mass is 31.2. The lowest BCUT2D eigenvalue weighted by Gasteiger charge is -2.27. The zero-order valence-corrected chi connectivity index (χ0v) is 52.8. The number of phosphoric acid groups is 1. The highest BCUT2D eigenvalue weighted by Crippen LogP contribution is 2.43. The Hall–Kier alpha value is -2.55. The first kappa shape index (κ1) is 75.5. The van der Waals surface area contributed by atoms with Gasteiger partial charge in [0.25, 0.3) is 0 Å². The minimum absolute atomic E-state index is 0.0370. The lowest BCUT2D eigenvalue weighted by Crippen LogP contribution is -2.47. The molecule has 3 unspecified atom stereocenters.